The van der Waals surface area contributed by atoms with Crippen molar-refractivity contribution < 1.29 is 15.0 Å². The van der Waals surface area contributed by atoms with E-state index >= 15 is 0 Å². The molecule has 1 amide bonds. The van der Waals surface area contributed by atoms with Gasteiger partial charge in [0, 0.05) is 13.0 Å². The first kappa shape index (κ1) is 15.1. The predicted molar refractivity (Wildman–Crippen MR) is 75.2 cm³/mol. The third kappa shape index (κ3) is 5.95. The molecule has 0 heterocycles. The van der Waals surface area contributed by atoms with E-state index in [0.717, 1.165) is 18.4 Å². The number of benzene rings is 1. The lowest BCUT2D eigenvalue weighted by Crippen LogP contribution is -2.25. The summed E-state index contributed by atoms with van der Waals surface area (Å²) in [4.78, 5) is 11.5. The Balaban J connectivity index is 2.24. The molecule has 0 bridgehead atoms. The minimum atomic E-state index is -0.131. The fraction of sp³-hybridized carbons (Fsp3) is 0.400. The van der Waals surface area contributed by atoms with Crippen molar-refractivity contribution in [1.82, 2.24) is 5.32 Å². The summed E-state index contributed by atoms with van der Waals surface area (Å²) in [5.74, 6) is -0.229. The van der Waals surface area contributed by atoms with E-state index in [1.54, 1.807) is 6.07 Å². The SMILES string of the molecule is CC/C=C/CCC(=O)NCCc1ccc(O)c(O)c1. The molecule has 4 nitrogen and oxygen atoms in total. The smallest absolute Gasteiger partial charge is 0.220 e. The molecule has 3 N–H and O–H groups in total. The molecule has 1 aromatic rings. The molecule has 0 unspecified atom stereocenters. The molecule has 0 spiro atoms. The lowest BCUT2D eigenvalue weighted by atomic mass is 10.1. The molecule has 0 aliphatic carbocycles. The van der Waals surface area contributed by atoms with Gasteiger partial charge in [-0.15, -0.1) is 0 Å². The van der Waals surface area contributed by atoms with Crippen LogP contribution in [0.3, 0.4) is 0 Å². The van der Waals surface area contributed by atoms with Crippen LogP contribution in [0.2, 0.25) is 0 Å². The van der Waals surface area contributed by atoms with Gasteiger partial charge in [0.15, 0.2) is 11.5 Å². The number of carbonyl (C=O) groups excluding carboxylic acids is 1. The van der Waals surface area contributed by atoms with Crippen molar-refractivity contribution in [2.24, 2.45) is 0 Å². The minimum Gasteiger partial charge on any atom is -0.504 e. The van der Waals surface area contributed by atoms with E-state index in [4.69, 9.17) is 0 Å². The topological polar surface area (TPSA) is 69.6 Å². The number of hydrogen-bond donors (Lipinski definition) is 3. The highest BCUT2D eigenvalue weighted by molar-refractivity contribution is 5.75. The van der Waals surface area contributed by atoms with Crippen LogP contribution in [0.15, 0.2) is 30.4 Å². The molecule has 1 aromatic carbocycles. The van der Waals surface area contributed by atoms with E-state index in [1.165, 1.54) is 12.1 Å². The lowest BCUT2D eigenvalue weighted by molar-refractivity contribution is -0.120. The zero-order valence-electron chi connectivity index (χ0n) is 11.2. The third-order valence-corrected chi connectivity index (χ3v) is 2.72. The highest BCUT2D eigenvalue weighted by Gasteiger charge is 2.02. The molecule has 0 saturated carbocycles. The predicted octanol–water partition coefficient (Wildman–Crippen LogP) is 2.50. The molecule has 104 valence electrons. The molecule has 4 heteroatoms. The summed E-state index contributed by atoms with van der Waals surface area (Å²) in [5, 5.41) is 21.3. The van der Waals surface area contributed by atoms with E-state index in [9.17, 15) is 15.0 Å². The van der Waals surface area contributed by atoms with Crippen LogP contribution < -0.4 is 5.32 Å². The van der Waals surface area contributed by atoms with Gasteiger partial charge in [-0.1, -0.05) is 25.1 Å². The van der Waals surface area contributed by atoms with Gasteiger partial charge >= 0.3 is 0 Å². The quantitative estimate of drug-likeness (QED) is 0.523. The Hall–Kier alpha value is -1.97. The standard InChI is InChI=1S/C15H21NO3/c1-2-3-4-5-6-15(19)16-10-9-12-7-8-13(17)14(18)11-12/h3-4,7-8,11,17-18H,2,5-6,9-10H2,1H3,(H,16,19)/b4-3+. The molecular weight excluding hydrogens is 242 g/mol. The molecule has 1 rings (SSSR count). The van der Waals surface area contributed by atoms with Gasteiger partial charge < -0.3 is 15.5 Å². The largest absolute Gasteiger partial charge is 0.504 e. The Labute approximate surface area is 113 Å². The van der Waals surface area contributed by atoms with Crippen molar-refractivity contribution >= 4 is 5.91 Å². The number of carbonyl (C=O) groups is 1. The van der Waals surface area contributed by atoms with Crippen LogP contribution in [0.4, 0.5) is 0 Å². The Morgan fingerprint density at radius 3 is 2.74 bits per heavy atom. The van der Waals surface area contributed by atoms with Crippen molar-refractivity contribution in [3.63, 3.8) is 0 Å². The average Bonchev–Trinajstić information content (AvgIpc) is 2.39. The van der Waals surface area contributed by atoms with E-state index < -0.39 is 0 Å². The van der Waals surface area contributed by atoms with Crippen molar-refractivity contribution in [3.05, 3.63) is 35.9 Å². The fourth-order valence-electron chi connectivity index (χ4n) is 1.66. The molecule has 0 radical (unpaired) electrons. The third-order valence-electron chi connectivity index (χ3n) is 2.72. The number of aromatic hydroxyl groups is 2. The Morgan fingerprint density at radius 1 is 1.26 bits per heavy atom. The molecule has 19 heavy (non-hydrogen) atoms. The van der Waals surface area contributed by atoms with Crippen LogP contribution in [0.25, 0.3) is 0 Å². The average molecular weight is 263 g/mol. The molecule has 0 aliphatic rings. The van der Waals surface area contributed by atoms with Crippen LogP contribution in [0.5, 0.6) is 11.5 Å². The summed E-state index contributed by atoms with van der Waals surface area (Å²) < 4.78 is 0. The molecule has 0 atom stereocenters. The van der Waals surface area contributed by atoms with Gasteiger partial charge in [-0.3, -0.25) is 4.79 Å². The van der Waals surface area contributed by atoms with Gasteiger partial charge in [0.2, 0.25) is 5.91 Å². The normalized spacial score (nSPS) is 10.8. The van der Waals surface area contributed by atoms with Gasteiger partial charge in [0.1, 0.15) is 0 Å². The number of rotatable bonds is 7. The fourth-order valence-corrected chi connectivity index (χ4v) is 1.66. The van der Waals surface area contributed by atoms with Gasteiger partial charge in [0.25, 0.3) is 0 Å². The zero-order chi connectivity index (χ0) is 14.1. The number of amides is 1. The summed E-state index contributed by atoms with van der Waals surface area (Å²) in [6, 6.07) is 4.68. The maximum atomic E-state index is 11.5. The van der Waals surface area contributed by atoms with Gasteiger partial charge in [-0.25, -0.2) is 0 Å². The summed E-state index contributed by atoms with van der Waals surface area (Å²) in [5.41, 5.74) is 0.876. The Kier molecular flexibility index (Phi) is 6.50. The summed E-state index contributed by atoms with van der Waals surface area (Å²) in [7, 11) is 0. The summed E-state index contributed by atoms with van der Waals surface area (Å²) >= 11 is 0. The Morgan fingerprint density at radius 2 is 2.05 bits per heavy atom. The first-order valence-corrected chi connectivity index (χ1v) is 6.56. The molecule has 0 fully saturated rings. The van der Waals surface area contributed by atoms with Crippen molar-refractivity contribution in [2.75, 3.05) is 6.54 Å². The van der Waals surface area contributed by atoms with E-state index in [2.05, 4.69) is 12.2 Å². The zero-order valence-corrected chi connectivity index (χ0v) is 11.2. The molecule has 0 aliphatic heterocycles. The maximum Gasteiger partial charge on any atom is 0.220 e. The van der Waals surface area contributed by atoms with Crippen molar-refractivity contribution in [1.29, 1.82) is 0 Å². The van der Waals surface area contributed by atoms with Crippen molar-refractivity contribution in [2.45, 2.75) is 32.6 Å². The summed E-state index contributed by atoms with van der Waals surface area (Å²) in [6.07, 6.45) is 6.94. The molecular formula is C15H21NO3. The van der Waals surface area contributed by atoms with Crippen molar-refractivity contribution in [3.8, 4) is 11.5 Å². The van der Waals surface area contributed by atoms with Crippen LogP contribution in [0.1, 0.15) is 31.7 Å². The van der Waals surface area contributed by atoms with E-state index in [1.807, 2.05) is 12.2 Å². The number of hydrogen-bond acceptors (Lipinski definition) is 3. The van der Waals surface area contributed by atoms with Crippen LogP contribution in [0, 0.1) is 0 Å². The first-order chi connectivity index (χ1) is 9.13. The van der Waals surface area contributed by atoms with Gasteiger partial charge in [-0.05, 0) is 37.0 Å². The number of allylic oxidation sites excluding steroid dienone is 2. The van der Waals surface area contributed by atoms with Crippen LogP contribution in [-0.2, 0) is 11.2 Å². The second-order valence-electron chi connectivity index (χ2n) is 4.34. The number of nitrogens with one attached hydrogen (secondary N) is 1. The first-order valence-electron chi connectivity index (χ1n) is 6.56. The van der Waals surface area contributed by atoms with Gasteiger partial charge in [-0.2, -0.15) is 0 Å². The highest BCUT2D eigenvalue weighted by Crippen LogP contribution is 2.24. The Bertz CT molecular complexity index is 441. The lowest BCUT2D eigenvalue weighted by Gasteiger charge is -2.05. The monoisotopic (exact) mass is 263 g/mol. The number of phenols is 2. The number of phenolic OH excluding ortho intramolecular Hbond substituents is 2. The van der Waals surface area contributed by atoms with Crippen LogP contribution >= 0.6 is 0 Å². The van der Waals surface area contributed by atoms with Gasteiger partial charge in [0.05, 0.1) is 0 Å². The highest BCUT2D eigenvalue weighted by atomic mass is 16.3. The van der Waals surface area contributed by atoms with Crippen LogP contribution in [-0.4, -0.2) is 22.7 Å². The molecule has 0 aromatic heterocycles. The summed E-state index contributed by atoms with van der Waals surface area (Å²) in [6.45, 7) is 2.59. The second-order valence-corrected chi connectivity index (χ2v) is 4.34. The molecule has 0 saturated heterocycles. The minimum absolute atomic E-state index is 0.0313. The maximum absolute atomic E-state index is 11.5. The van der Waals surface area contributed by atoms with E-state index in [-0.39, 0.29) is 17.4 Å². The second kappa shape index (κ2) is 8.19. The van der Waals surface area contributed by atoms with E-state index in [0.29, 0.717) is 19.4 Å².